The van der Waals surface area contributed by atoms with Crippen LogP contribution in [0, 0.1) is 11.8 Å². The van der Waals surface area contributed by atoms with Crippen LogP contribution in [0.3, 0.4) is 0 Å². The van der Waals surface area contributed by atoms with Crippen LogP contribution in [0.5, 0.6) is 0 Å². The molecule has 5 heteroatoms. The standard InChI is InChI=1S/C16H30N4O/c1-4-9-17-13(3)15-19-20-16(21-15)18-10-8-14-7-5-6-12(2)11-14/h12-14,17H,4-11H2,1-3H3,(H,18,20). The molecule has 1 heterocycles. The lowest BCUT2D eigenvalue weighted by molar-refractivity contribution is 0.274. The monoisotopic (exact) mass is 294 g/mol. The van der Waals surface area contributed by atoms with Gasteiger partial charge in [0.1, 0.15) is 0 Å². The van der Waals surface area contributed by atoms with Gasteiger partial charge in [-0.3, -0.25) is 0 Å². The predicted octanol–water partition coefficient (Wildman–Crippen LogP) is 3.76. The highest BCUT2D eigenvalue weighted by molar-refractivity contribution is 5.17. The number of hydrogen-bond donors (Lipinski definition) is 2. The molecule has 3 atom stereocenters. The number of nitrogens with one attached hydrogen (secondary N) is 2. The first-order chi connectivity index (χ1) is 10.2. The smallest absolute Gasteiger partial charge is 0.315 e. The van der Waals surface area contributed by atoms with Crippen molar-refractivity contribution in [1.29, 1.82) is 0 Å². The van der Waals surface area contributed by atoms with Crippen molar-refractivity contribution < 1.29 is 4.42 Å². The highest BCUT2D eigenvalue weighted by Gasteiger charge is 2.19. The summed E-state index contributed by atoms with van der Waals surface area (Å²) in [7, 11) is 0. The van der Waals surface area contributed by atoms with Gasteiger partial charge in [-0.05, 0) is 44.6 Å². The first-order valence-electron chi connectivity index (χ1n) is 8.49. The maximum absolute atomic E-state index is 5.66. The maximum Gasteiger partial charge on any atom is 0.315 e. The summed E-state index contributed by atoms with van der Waals surface area (Å²) in [6, 6.07) is 0.672. The Labute approximate surface area is 128 Å². The Balaban J connectivity index is 1.70. The normalized spacial score (nSPS) is 24.0. The van der Waals surface area contributed by atoms with E-state index in [0.29, 0.717) is 11.9 Å². The van der Waals surface area contributed by atoms with E-state index in [1.54, 1.807) is 0 Å². The lowest BCUT2D eigenvalue weighted by atomic mass is 9.81. The minimum atomic E-state index is 0.118. The van der Waals surface area contributed by atoms with Crippen molar-refractivity contribution in [2.75, 3.05) is 18.4 Å². The van der Waals surface area contributed by atoms with Gasteiger partial charge in [0.15, 0.2) is 0 Å². The molecule has 1 aromatic rings. The highest BCUT2D eigenvalue weighted by atomic mass is 16.4. The van der Waals surface area contributed by atoms with E-state index in [1.165, 1.54) is 32.1 Å². The van der Waals surface area contributed by atoms with Crippen molar-refractivity contribution >= 4 is 6.01 Å². The molecule has 1 aliphatic carbocycles. The number of rotatable bonds is 8. The molecule has 0 bridgehead atoms. The SMILES string of the molecule is CCCNC(C)c1nnc(NCCC2CCCC(C)C2)o1. The Bertz CT molecular complexity index is 407. The van der Waals surface area contributed by atoms with Crippen molar-refractivity contribution in [1.82, 2.24) is 15.5 Å². The molecule has 21 heavy (non-hydrogen) atoms. The summed E-state index contributed by atoms with van der Waals surface area (Å²) in [5, 5.41) is 14.8. The Kier molecular flexibility index (Phi) is 6.49. The first-order valence-corrected chi connectivity index (χ1v) is 8.49. The Morgan fingerprint density at radius 3 is 2.90 bits per heavy atom. The summed E-state index contributed by atoms with van der Waals surface area (Å²) in [5.74, 6) is 2.41. The van der Waals surface area contributed by atoms with Gasteiger partial charge in [-0.15, -0.1) is 5.10 Å². The number of anilines is 1. The van der Waals surface area contributed by atoms with Gasteiger partial charge in [0.25, 0.3) is 0 Å². The molecule has 0 spiro atoms. The average Bonchev–Trinajstić information content (AvgIpc) is 2.94. The lowest BCUT2D eigenvalue weighted by Gasteiger charge is -2.26. The molecular formula is C16H30N4O. The number of hydrogen-bond acceptors (Lipinski definition) is 5. The summed E-state index contributed by atoms with van der Waals surface area (Å²) in [6.07, 6.45) is 7.83. The summed E-state index contributed by atoms with van der Waals surface area (Å²) in [6.45, 7) is 8.46. The van der Waals surface area contributed by atoms with Crippen molar-refractivity contribution in [2.24, 2.45) is 11.8 Å². The fourth-order valence-electron chi connectivity index (χ4n) is 3.13. The Morgan fingerprint density at radius 2 is 2.14 bits per heavy atom. The largest absolute Gasteiger partial charge is 0.406 e. The molecule has 3 unspecified atom stereocenters. The van der Waals surface area contributed by atoms with Gasteiger partial charge >= 0.3 is 6.01 Å². The second-order valence-electron chi connectivity index (χ2n) is 6.47. The van der Waals surface area contributed by atoms with Crippen molar-refractivity contribution in [3.63, 3.8) is 0 Å². The third-order valence-electron chi connectivity index (χ3n) is 4.39. The molecule has 0 aromatic carbocycles. The first kappa shape index (κ1) is 16.3. The summed E-state index contributed by atoms with van der Waals surface area (Å²) in [5.41, 5.74) is 0. The molecule has 2 rings (SSSR count). The summed E-state index contributed by atoms with van der Waals surface area (Å²) in [4.78, 5) is 0. The average molecular weight is 294 g/mol. The predicted molar refractivity (Wildman–Crippen MR) is 85.2 cm³/mol. The van der Waals surface area contributed by atoms with E-state index >= 15 is 0 Å². The van der Waals surface area contributed by atoms with Crippen LogP contribution in [-0.4, -0.2) is 23.3 Å². The summed E-state index contributed by atoms with van der Waals surface area (Å²) < 4.78 is 5.66. The van der Waals surface area contributed by atoms with Crippen LogP contribution in [-0.2, 0) is 0 Å². The van der Waals surface area contributed by atoms with Crippen LogP contribution < -0.4 is 10.6 Å². The van der Waals surface area contributed by atoms with Gasteiger partial charge in [-0.25, -0.2) is 0 Å². The molecule has 5 nitrogen and oxygen atoms in total. The molecule has 0 amide bonds. The van der Waals surface area contributed by atoms with Crippen LogP contribution in [0.1, 0.15) is 71.2 Å². The quantitative estimate of drug-likeness (QED) is 0.764. The van der Waals surface area contributed by atoms with Crippen LogP contribution in [0.15, 0.2) is 4.42 Å². The molecule has 1 saturated carbocycles. The van der Waals surface area contributed by atoms with Crippen LogP contribution in [0.4, 0.5) is 6.01 Å². The topological polar surface area (TPSA) is 63.0 Å². The zero-order valence-corrected chi connectivity index (χ0v) is 13.7. The minimum Gasteiger partial charge on any atom is -0.406 e. The minimum absolute atomic E-state index is 0.118. The number of nitrogens with zero attached hydrogens (tertiary/aromatic N) is 2. The van der Waals surface area contributed by atoms with Crippen molar-refractivity contribution in [2.45, 2.75) is 65.3 Å². The van der Waals surface area contributed by atoms with Gasteiger partial charge in [-0.2, -0.15) is 0 Å². The van der Waals surface area contributed by atoms with Gasteiger partial charge < -0.3 is 15.1 Å². The fourth-order valence-corrected chi connectivity index (χ4v) is 3.13. The van der Waals surface area contributed by atoms with Crippen molar-refractivity contribution in [3.8, 4) is 0 Å². The van der Waals surface area contributed by atoms with Crippen LogP contribution in [0.2, 0.25) is 0 Å². The van der Waals surface area contributed by atoms with E-state index in [-0.39, 0.29) is 6.04 Å². The molecule has 0 aliphatic heterocycles. The van der Waals surface area contributed by atoms with Gasteiger partial charge in [0, 0.05) is 6.54 Å². The van der Waals surface area contributed by atoms with E-state index in [1.807, 2.05) is 0 Å². The third-order valence-corrected chi connectivity index (χ3v) is 4.39. The van der Waals surface area contributed by atoms with Crippen molar-refractivity contribution in [3.05, 3.63) is 5.89 Å². The molecule has 0 radical (unpaired) electrons. The second kappa shape index (κ2) is 8.37. The molecule has 1 aromatic heterocycles. The number of aromatic nitrogens is 2. The van der Waals surface area contributed by atoms with E-state index < -0.39 is 0 Å². The Hall–Kier alpha value is -1.10. The van der Waals surface area contributed by atoms with Gasteiger partial charge in [0.2, 0.25) is 5.89 Å². The third kappa shape index (κ3) is 5.30. The van der Waals surface area contributed by atoms with E-state index in [4.69, 9.17) is 4.42 Å². The molecular weight excluding hydrogens is 264 g/mol. The zero-order chi connectivity index (χ0) is 15.1. The van der Waals surface area contributed by atoms with Gasteiger partial charge in [-0.1, -0.05) is 38.2 Å². The Morgan fingerprint density at radius 1 is 1.29 bits per heavy atom. The molecule has 1 fully saturated rings. The van der Waals surface area contributed by atoms with E-state index in [2.05, 4.69) is 41.6 Å². The maximum atomic E-state index is 5.66. The molecule has 1 aliphatic rings. The molecule has 0 saturated heterocycles. The fraction of sp³-hybridized carbons (Fsp3) is 0.875. The molecule has 2 N–H and O–H groups in total. The summed E-state index contributed by atoms with van der Waals surface area (Å²) >= 11 is 0. The van der Waals surface area contributed by atoms with Crippen LogP contribution in [0.25, 0.3) is 0 Å². The lowest BCUT2D eigenvalue weighted by Crippen LogP contribution is -2.19. The zero-order valence-electron chi connectivity index (χ0n) is 13.7. The molecule has 120 valence electrons. The second-order valence-corrected chi connectivity index (χ2v) is 6.47. The van der Waals surface area contributed by atoms with Gasteiger partial charge in [0.05, 0.1) is 6.04 Å². The van der Waals surface area contributed by atoms with E-state index in [0.717, 1.165) is 31.3 Å². The van der Waals surface area contributed by atoms with E-state index in [9.17, 15) is 0 Å². The highest BCUT2D eigenvalue weighted by Crippen LogP contribution is 2.30. The van der Waals surface area contributed by atoms with Crippen LogP contribution >= 0.6 is 0 Å².